The van der Waals surface area contributed by atoms with Crippen molar-refractivity contribution in [2.75, 3.05) is 19.2 Å². The number of amides is 2. The molecule has 0 spiro atoms. The zero-order valence-electron chi connectivity index (χ0n) is 11.2. The fourth-order valence-corrected chi connectivity index (χ4v) is 2.15. The Morgan fingerprint density at radius 2 is 2.10 bits per heavy atom. The van der Waals surface area contributed by atoms with Crippen molar-refractivity contribution in [2.45, 2.75) is 6.92 Å². The summed E-state index contributed by atoms with van der Waals surface area (Å²) in [5, 5.41) is 7.62. The zero-order valence-corrected chi connectivity index (χ0v) is 12.0. The number of nitrogens with zero attached hydrogens (tertiary/aromatic N) is 1. The van der Waals surface area contributed by atoms with E-state index in [-0.39, 0.29) is 12.8 Å². The van der Waals surface area contributed by atoms with E-state index in [9.17, 15) is 4.79 Å². The maximum absolute atomic E-state index is 11.6. The fourth-order valence-electron chi connectivity index (χ4n) is 1.47. The molecule has 2 rings (SSSR count). The summed E-state index contributed by atoms with van der Waals surface area (Å²) in [6.07, 6.45) is 0. The third-order valence-corrected chi connectivity index (χ3v) is 3.24. The Kier molecular flexibility index (Phi) is 4.78. The Bertz CT molecular complexity index is 586. The highest BCUT2D eigenvalue weighted by Crippen LogP contribution is 2.25. The third kappa shape index (κ3) is 3.86. The van der Waals surface area contributed by atoms with Crippen LogP contribution in [0.2, 0.25) is 0 Å². The number of benzene rings is 1. The number of anilines is 1. The lowest BCUT2D eigenvalue weighted by Crippen LogP contribution is -2.32. The van der Waals surface area contributed by atoms with Gasteiger partial charge in [-0.1, -0.05) is 12.1 Å². The molecule has 2 aromatic rings. The van der Waals surface area contributed by atoms with Crippen LogP contribution in [0.1, 0.15) is 5.69 Å². The van der Waals surface area contributed by atoms with Crippen molar-refractivity contribution >= 4 is 22.5 Å². The van der Waals surface area contributed by atoms with E-state index in [1.165, 1.54) is 11.3 Å². The topological polar surface area (TPSA) is 72.5 Å². The first-order valence-electron chi connectivity index (χ1n) is 5.92. The summed E-state index contributed by atoms with van der Waals surface area (Å²) in [5.41, 5.74) is 0.871. The molecule has 0 radical (unpaired) electrons. The average Bonchev–Trinajstić information content (AvgIpc) is 2.84. The van der Waals surface area contributed by atoms with E-state index in [2.05, 4.69) is 15.6 Å². The monoisotopic (exact) mass is 293 g/mol. The molecule has 106 valence electrons. The van der Waals surface area contributed by atoms with E-state index in [1.54, 1.807) is 19.2 Å². The number of aryl methyl sites for hydroxylation is 1. The van der Waals surface area contributed by atoms with E-state index in [0.717, 1.165) is 5.69 Å². The summed E-state index contributed by atoms with van der Waals surface area (Å²) in [5.74, 6) is 1.19. The van der Waals surface area contributed by atoms with Crippen molar-refractivity contribution in [1.82, 2.24) is 10.3 Å². The molecule has 0 aliphatic carbocycles. The Balaban J connectivity index is 1.79. The van der Waals surface area contributed by atoms with E-state index >= 15 is 0 Å². The van der Waals surface area contributed by atoms with Crippen molar-refractivity contribution in [3.8, 4) is 11.5 Å². The van der Waals surface area contributed by atoms with Gasteiger partial charge in [-0.3, -0.25) is 5.32 Å². The van der Waals surface area contributed by atoms with Crippen LogP contribution in [0.3, 0.4) is 0 Å². The smallest absolute Gasteiger partial charge is 0.323 e. The molecule has 1 heterocycles. The molecule has 6 nitrogen and oxygen atoms in total. The maximum atomic E-state index is 11.6. The molecule has 2 N–H and O–H groups in total. The van der Waals surface area contributed by atoms with E-state index in [4.69, 9.17) is 9.47 Å². The minimum atomic E-state index is -0.366. The minimum absolute atomic E-state index is 0.0383. The number of hydrogen-bond donors (Lipinski definition) is 2. The molecule has 0 aliphatic rings. The Hall–Kier alpha value is -2.28. The SMILES string of the molecule is COc1ccccc1OCNC(=O)Nc1nc(C)cs1. The van der Waals surface area contributed by atoms with Gasteiger partial charge in [-0.05, 0) is 19.1 Å². The van der Waals surface area contributed by atoms with Crippen LogP contribution in [-0.4, -0.2) is 24.9 Å². The summed E-state index contributed by atoms with van der Waals surface area (Å²) in [7, 11) is 1.56. The van der Waals surface area contributed by atoms with E-state index < -0.39 is 0 Å². The van der Waals surface area contributed by atoms with Gasteiger partial charge in [-0.2, -0.15) is 0 Å². The predicted octanol–water partition coefficient (Wildman–Crippen LogP) is 2.62. The highest BCUT2D eigenvalue weighted by Gasteiger charge is 2.06. The predicted molar refractivity (Wildman–Crippen MR) is 77.5 cm³/mol. The van der Waals surface area contributed by atoms with Crippen LogP contribution < -0.4 is 20.1 Å². The molecule has 2 amide bonds. The number of hydrogen-bond acceptors (Lipinski definition) is 5. The first kappa shape index (κ1) is 14.1. The van der Waals surface area contributed by atoms with Gasteiger partial charge in [0.05, 0.1) is 12.8 Å². The molecular formula is C13H15N3O3S. The quantitative estimate of drug-likeness (QED) is 0.831. The van der Waals surface area contributed by atoms with Crippen molar-refractivity contribution < 1.29 is 14.3 Å². The summed E-state index contributed by atoms with van der Waals surface area (Å²) in [6.45, 7) is 1.90. The number of methoxy groups -OCH3 is 1. The van der Waals surface area contributed by atoms with Crippen LogP contribution >= 0.6 is 11.3 Å². The van der Waals surface area contributed by atoms with E-state index in [1.807, 2.05) is 24.4 Å². The summed E-state index contributed by atoms with van der Waals surface area (Å²) >= 11 is 1.37. The summed E-state index contributed by atoms with van der Waals surface area (Å²) in [4.78, 5) is 15.7. The molecule has 0 bridgehead atoms. The Morgan fingerprint density at radius 3 is 2.75 bits per heavy atom. The van der Waals surface area contributed by atoms with Gasteiger partial charge in [0.15, 0.2) is 23.4 Å². The number of aromatic nitrogens is 1. The number of nitrogens with one attached hydrogen (secondary N) is 2. The second-order valence-corrected chi connectivity index (χ2v) is 4.72. The second kappa shape index (κ2) is 6.76. The number of carbonyl (C=O) groups is 1. The average molecular weight is 293 g/mol. The molecule has 1 aromatic heterocycles. The number of carbonyl (C=O) groups excluding carboxylic acids is 1. The molecular weight excluding hydrogens is 278 g/mol. The lowest BCUT2D eigenvalue weighted by molar-refractivity contribution is 0.231. The molecule has 1 aromatic carbocycles. The van der Waals surface area contributed by atoms with E-state index in [0.29, 0.717) is 16.6 Å². The molecule has 7 heteroatoms. The lowest BCUT2D eigenvalue weighted by atomic mass is 10.3. The number of ether oxygens (including phenoxy) is 2. The van der Waals surface area contributed by atoms with Crippen LogP contribution in [0, 0.1) is 6.92 Å². The van der Waals surface area contributed by atoms with Crippen LogP contribution in [0.4, 0.5) is 9.93 Å². The minimum Gasteiger partial charge on any atom is -0.493 e. The number of urea groups is 1. The molecule has 0 atom stereocenters. The van der Waals surface area contributed by atoms with Gasteiger partial charge in [0.25, 0.3) is 0 Å². The second-order valence-electron chi connectivity index (χ2n) is 3.86. The highest BCUT2D eigenvalue weighted by molar-refractivity contribution is 7.13. The van der Waals surface area contributed by atoms with Gasteiger partial charge in [-0.25, -0.2) is 9.78 Å². The highest BCUT2D eigenvalue weighted by atomic mass is 32.1. The Labute approximate surface area is 120 Å². The van der Waals surface area contributed by atoms with Crippen molar-refractivity contribution in [2.24, 2.45) is 0 Å². The normalized spacial score (nSPS) is 9.90. The molecule has 0 saturated carbocycles. The number of rotatable bonds is 5. The third-order valence-electron chi connectivity index (χ3n) is 2.37. The van der Waals surface area contributed by atoms with Gasteiger partial charge >= 0.3 is 6.03 Å². The first-order valence-corrected chi connectivity index (χ1v) is 6.80. The molecule has 0 fully saturated rings. The molecule has 0 unspecified atom stereocenters. The molecule has 0 saturated heterocycles. The zero-order chi connectivity index (χ0) is 14.4. The Morgan fingerprint density at radius 1 is 1.35 bits per heavy atom. The standard InChI is InChI=1S/C13H15N3O3S/c1-9-7-20-13(15-9)16-12(17)14-8-19-11-6-4-3-5-10(11)18-2/h3-7H,8H2,1-2H3,(H2,14,15,16,17). The van der Waals surface area contributed by atoms with Crippen LogP contribution in [0.5, 0.6) is 11.5 Å². The molecule has 20 heavy (non-hydrogen) atoms. The van der Waals surface area contributed by atoms with Gasteiger partial charge in [0.1, 0.15) is 0 Å². The number of thiazole rings is 1. The van der Waals surface area contributed by atoms with Crippen LogP contribution in [0.15, 0.2) is 29.6 Å². The lowest BCUT2D eigenvalue weighted by Gasteiger charge is -2.11. The van der Waals surface area contributed by atoms with Gasteiger partial charge < -0.3 is 14.8 Å². The maximum Gasteiger partial charge on any atom is 0.323 e. The van der Waals surface area contributed by atoms with Crippen LogP contribution in [0.25, 0.3) is 0 Å². The summed E-state index contributed by atoms with van der Waals surface area (Å²) < 4.78 is 10.6. The van der Waals surface area contributed by atoms with Gasteiger partial charge in [0.2, 0.25) is 0 Å². The fraction of sp³-hybridized carbons (Fsp3) is 0.231. The van der Waals surface area contributed by atoms with Crippen molar-refractivity contribution in [3.05, 3.63) is 35.3 Å². The summed E-state index contributed by atoms with van der Waals surface area (Å²) in [6, 6.07) is 6.86. The number of para-hydroxylation sites is 2. The van der Waals surface area contributed by atoms with Crippen molar-refractivity contribution in [3.63, 3.8) is 0 Å². The van der Waals surface area contributed by atoms with Crippen LogP contribution in [-0.2, 0) is 0 Å². The first-order chi connectivity index (χ1) is 9.69. The molecule has 0 aliphatic heterocycles. The van der Waals surface area contributed by atoms with Gasteiger partial charge in [0, 0.05) is 5.38 Å². The van der Waals surface area contributed by atoms with Gasteiger partial charge in [-0.15, -0.1) is 11.3 Å². The largest absolute Gasteiger partial charge is 0.493 e. The van der Waals surface area contributed by atoms with Crippen molar-refractivity contribution in [1.29, 1.82) is 0 Å².